The summed E-state index contributed by atoms with van der Waals surface area (Å²) in [6, 6.07) is 1.88. The minimum Gasteiger partial charge on any atom is -0.495 e. The van der Waals surface area contributed by atoms with Gasteiger partial charge < -0.3 is 20.5 Å². The highest BCUT2D eigenvalue weighted by atomic mass is 19.1. The first-order valence-electron chi connectivity index (χ1n) is 5.55. The van der Waals surface area contributed by atoms with E-state index in [1.54, 1.807) is 13.8 Å². The van der Waals surface area contributed by atoms with E-state index < -0.39 is 17.8 Å². The molecule has 0 spiro atoms. The third kappa shape index (κ3) is 3.26. The van der Waals surface area contributed by atoms with Gasteiger partial charge in [0.2, 0.25) is 0 Å². The number of halogens is 1. The average Bonchev–Trinajstić information content (AvgIpc) is 2.32. The van der Waals surface area contributed by atoms with Crippen molar-refractivity contribution in [3.63, 3.8) is 0 Å². The molecular formula is C12H17FN2O3. The molecule has 5 nitrogen and oxygen atoms in total. The molecule has 0 aliphatic heterocycles. The van der Waals surface area contributed by atoms with Gasteiger partial charge in [-0.1, -0.05) is 0 Å². The monoisotopic (exact) mass is 256 g/mol. The number of benzene rings is 1. The number of carbonyl (C=O) groups is 1. The molecule has 0 aliphatic rings. The van der Waals surface area contributed by atoms with E-state index in [-0.39, 0.29) is 18.0 Å². The van der Waals surface area contributed by atoms with E-state index in [4.69, 9.17) is 15.2 Å². The molecular weight excluding hydrogens is 239 g/mol. The van der Waals surface area contributed by atoms with Crippen LogP contribution in [0, 0.1) is 5.82 Å². The summed E-state index contributed by atoms with van der Waals surface area (Å²) in [6.45, 7) is 3.57. The summed E-state index contributed by atoms with van der Waals surface area (Å²) in [5.41, 5.74) is 5.89. The largest absolute Gasteiger partial charge is 0.495 e. The van der Waals surface area contributed by atoms with Crippen molar-refractivity contribution in [3.8, 4) is 5.75 Å². The fourth-order valence-corrected chi connectivity index (χ4v) is 1.42. The lowest BCUT2D eigenvalue weighted by molar-refractivity contribution is -0.143. The van der Waals surface area contributed by atoms with Gasteiger partial charge >= 0.3 is 5.97 Å². The number of ether oxygens (including phenoxy) is 2. The van der Waals surface area contributed by atoms with Gasteiger partial charge in [-0.05, 0) is 13.8 Å². The zero-order valence-electron chi connectivity index (χ0n) is 10.6. The Kier molecular flexibility index (Phi) is 4.76. The van der Waals surface area contributed by atoms with Crippen molar-refractivity contribution in [1.82, 2.24) is 0 Å². The number of nitrogens with one attached hydrogen (secondary N) is 1. The molecule has 0 aromatic heterocycles. The van der Waals surface area contributed by atoms with Gasteiger partial charge in [0.15, 0.2) is 0 Å². The van der Waals surface area contributed by atoms with Gasteiger partial charge in [-0.2, -0.15) is 0 Å². The highest BCUT2D eigenvalue weighted by Crippen LogP contribution is 2.28. The van der Waals surface area contributed by atoms with Crippen LogP contribution in [0.2, 0.25) is 0 Å². The molecule has 0 amide bonds. The summed E-state index contributed by atoms with van der Waals surface area (Å²) < 4.78 is 23.4. The van der Waals surface area contributed by atoms with Crippen LogP contribution in [-0.4, -0.2) is 25.7 Å². The van der Waals surface area contributed by atoms with Crippen molar-refractivity contribution in [2.24, 2.45) is 0 Å². The third-order valence-electron chi connectivity index (χ3n) is 2.33. The van der Waals surface area contributed by atoms with Crippen molar-refractivity contribution >= 4 is 17.3 Å². The van der Waals surface area contributed by atoms with Gasteiger partial charge in [-0.3, -0.25) is 0 Å². The molecule has 1 unspecified atom stereocenters. The van der Waals surface area contributed by atoms with Crippen molar-refractivity contribution in [3.05, 3.63) is 17.9 Å². The standard InChI is InChI=1S/C12H17FN2O3/c1-4-18-12(16)7(2)15-10-6-11(17-3)9(14)5-8(10)13/h5-7,15H,4,14H2,1-3H3. The van der Waals surface area contributed by atoms with Crippen molar-refractivity contribution < 1.29 is 18.7 Å². The van der Waals surface area contributed by atoms with Crippen molar-refractivity contribution in [2.75, 3.05) is 24.8 Å². The first-order valence-corrected chi connectivity index (χ1v) is 5.55. The maximum Gasteiger partial charge on any atom is 0.328 e. The quantitative estimate of drug-likeness (QED) is 0.620. The number of nitrogen functional groups attached to an aromatic ring is 1. The lowest BCUT2D eigenvalue weighted by atomic mass is 10.2. The summed E-state index contributed by atoms with van der Waals surface area (Å²) in [6.07, 6.45) is 0. The normalized spacial score (nSPS) is 11.8. The zero-order valence-corrected chi connectivity index (χ0v) is 10.6. The number of hydrogen-bond acceptors (Lipinski definition) is 5. The van der Waals surface area contributed by atoms with Crippen LogP contribution in [0.4, 0.5) is 15.8 Å². The molecule has 0 radical (unpaired) electrons. The maximum atomic E-state index is 13.6. The molecule has 1 atom stereocenters. The molecule has 1 rings (SSSR count). The summed E-state index contributed by atoms with van der Waals surface area (Å²) in [5.74, 6) is -0.660. The van der Waals surface area contributed by atoms with Crippen LogP contribution >= 0.6 is 0 Å². The molecule has 1 aromatic rings. The van der Waals surface area contributed by atoms with Gasteiger partial charge in [0.05, 0.1) is 25.1 Å². The van der Waals surface area contributed by atoms with Gasteiger partial charge in [0.1, 0.15) is 17.6 Å². The summed E-state index contributed by atoms with van der Waals surface area (Å²) in [5, 5.41) is 2.71. The number of rotatable bonds is 5. The second kappa shape index (κ2) is 6.09. The van der Waals surface area contributed by atoms with Crippen LogP contribution in [0.25, 0.3) is 0 Å². The molecule has 0 saturated carbocycles. The lowest BCUT2D eigenvalue weighted by Gasteiger charge is -2.16. The molecule has 18 heavy (non-hydrogen) atoms. The topological polar surface area (TPSA) is 73.6 Å². The molecule has 1 aromatic carbocycles. The Bertz CT molecular complexity index is 438. The Labute approximate surface area is 105 Å². The summed E-state index contributed by atoms with van der Waals surface area (Å²) in [4.78, 5) is 11.4. The maximum absolute atomic E-state index is 13.6. The molecule has 100 valence electrons. The highest BCUT2D eigenvalue weighted by molar-refractivity contribution is 5.79. The number of methoxy groups -OCH3 is 1. The number of nitrogens with two attached hydrogens (primary N) is 1. The highest BCUT2D eigenvalue weighted by Gasteiger charge is 2.16. The van der Waals surface area contributed by atoms with E-state index in [1.807, 2.05) is 0 Å². The van der Waals surface area contributed by atoms with Crippen LogP contribution in [0.15, 0.2) is 12.1 Å². The van der Waals surface area contributed by atoms with E-state index in [2.05, 4.69) is 5.32 Å². The fraction of sp³-hybridized carbons (Fsp3) is 0.417. The van der Waals surface area contributed by atoms with E-state index in [0.717, 1.165) is 6.07 Å². The van der Waals surface area contributed by atoms with E-state index >= 15 is 0 Å². The number of hydrogen-bond donors (Lipinski definition) is 2. The Balaban J connectivity index is 2.87. The SMILES string of the molecule is CCOC(=O)C(C)Nc1cc(OC)c(N)cc1F. The fourth-order valence-electron chi connectivity index (χ4n) is 1.42. The Hall–Kier alpha value is -1.98. The molecule has 0 saturated heterocycles. The van der Waals surface area contributed by atoms with Crippen LogP contribution < -0.4 is 15.8 Å². The molecule has 0 heterocycles. The first-order chi connectivity index (χ1) is 8.49. The predicted octanol–water partition coefficient (Wildman–Crippen LogP) is 1.78. The van der Waals surface area contributed by atoms with Gasteiger partial charge in [-0.25, -0.2) is 9.18 Å². The van der Waals surface area contributed by atoms with Crippen molar-refractivity contribution in [2.45, 2.75) is 19.9 Å². The van der Waals surface area contributed by atoms with Gasteiger partial charge in [0.25, 0.3) is 0 Å². The van der Waals surface area contributed by atoms with Crippen LogP contribution in [0.1, 0.15) is 13.8 Å². The Morgan fingerprint density at radius 1 is 1.56 bits per heavy atom. The van der Waals surface area contributed by atoms with E-state index in [9.17, 15) is 9.18 Å². The minimum absolute atomic E-state index is 0.140. The second-order valence-electron chi connectivity index (χ2n) is 3.69. The van der Waals surface area contributed by atoms with Gasteiger partial charge in [-0.15, -0.1) is 0 Å². The first kappa shape index (κ1) is 14.1. The third-order valence-corrected chi connectivity index (χ3v) is 2.33. The van der Waals surface area contributed by atoms with E-state index in [0.29, 0.717) is 5.75 Å². The van der Waals surface area contributed by atoms with Crippen LogP contribution in [-0.2, 0) is 9.53 Å². The van der Waals surface area contributed by atoms with Crippen molar-refractivity contribution in [1.29, 1.82) is 0 Å². The molecule has 3 N–H and O–H groups in total. The molecule has 0 fully saturated rings. The average molecular weight is 256 g/mol. The van der Waals surface area contributed by atoms with E-state index in [1.165, 1.54) is 13.2 Å². The van der Waals surface area contributed by atoms with Crippen LogP contribution in [0.5, 0.6) is 5.75 Å². The second-order valence-corrected chi connectivity index (χ2v) is 3.69. The number of anilines is 2. The number of carbonyl (C=O) groups excluding carboxylic acids is 1. The zero-order chi connectivity index (χ0) is 13.7. The predicted molar refractivity (Wildman–Crippen MR) is 67.1 cm³/mol. The number of esters is 1. The molecule has 6 heteroatoms. The molecule has 0 aliphatic carbocycles. The summed E-state index contributed by atoms with van der Waals surface area (Å²) >= 11 is 0. The smallest absolute Gasteiger partial charge is 0.328 e. The Morgan fingerprint density at radius 3 is 2.78 bits per heavy atom. The van der Waals surface area contributed by atoms with Crippen LogP contribution in [0.3, 0.4) is 0 Å². The lowest BCUT2D eigenvalue weighted by Crippen LogP contribution is -2.28. The minimum atomic E-state index is -0.659. The Morgan fingerprint density at radius 2 is 2.22 bits per heavy atom. The molecule has 0 bridgehead atoms. The van der Waals surface area contributed by atoms with Gasteiger partial charge in [0, 0.05) is 12.1 Å². The summed E-state index contributed by atoms with van der Waals surface area (Å²) in [7, 11) is 1.43.